The molecular weight excluding hydrogens is 228 g/mol. The Labute approximate surface area is 108 Å². The summed E-state index contributed by atoms with van der Waals surface area (Å²) in [7, 11) is 0. The summed E-state index contributed by atoms with van der Waals surface area (Å²) >= 11 is 0. The number of nitro benzene ring substituents is 1. The lowest BCUT2D eigenvalue weighted by Gasteiger charge is -2.18. The molecule has 1 aliphatic carbocycles. The van der Waals surface area contributed by atoms with Crippen LogP contribution < -0.4 is 5.32 Å². The van der Waals surface area contributed by atoms with Crippen LogP contribution in [0.25, 0.3) is 0 Å². The number of nitrogens with zero attached hydrogens (tertiary/aromatic N) is 1. The zero-order chi connectivity index (χ0) is 13.3. The van der Waals surface area contributed by atoms with E-state index in [-0.39, 0.29) is 10.6 Å². The molecule has 18 heavy (non-hydrogen) atoms. The highest BCUT2D eigenvalue weighted by molar-refractivity contribution is 5.63. The van der Waals surface area contributed by atoms with Crippen molar-refractivity contribution >= 4 is 11.4 Å². The number of nitro groups is 1. The van der Waals surface area contributed by atoms with Gasteiger partial charge in [0.15, 0.2) is 0 Å². The maximum absolute atomic E-state index is 11.0. The quantitative estimate of drug-likeness (QED) is 0.652. The predicted octanol–water partition coefficient (Wildman–Crippen LogP) is 3.89. The van der Waals surface area contributed by atoms with Gasteiger partial charge in [0.05, 0.1) is 4.92 Å². The van der Waals surface area contributed by atoms with E-state index in [2.05, 4.69) is 19.2 Å². The van der Waals surface area contributed by atoms with Gasteiger partial charge in [-0.15, -0.1) is 0 Å². The lowest BCUT2D eigenvalue weighted by atomic mass is 9.92. The minimum absolute atomic E-state index is 0.180. The van der Waals surface area contributed by atoms with Gasteiger partial charge in [-0.1, -0.05) is 19.9 Å². The minimum Gasteiger partial charge on any atom is -0.377 e. The Balaban J connectivity index is 2.17. The largest absolute Gasteiger partial charge is 0.377 e. The van der Waals surface area contributed by atoms with E-state index in [9.17, 15) is 10.1 Å². The molecule has 0 bridgehead atoms. The molecule has 0 spiro atoms. The first-order valence-electron chi connectivity index (χ1n) is 6.39. The van der Waals surface area contributed by atoms with Crippen molar-refractivity contribution in [2.45, 2.75) is 46.1 Å². The standard InChI is InChI=1S/C14H20N2O2/c1-10-4-5-12(13(8-10)16(17)18)15-11-6-7-14(2,3)9-11/h4-5,8,11,15H,6-7,9H2,1-3H3. The second-order valence-electron chi connectivity index (χ2n) is 6.03. The van der Waals surface area contributed by atoms with Crippen molar-refractivity contribution in [1.29, 1.82) is 0 Å². The predicted molar refractivity (Wildman–Crippen MR) is 72.9 cm³/mol. The number of hydrogen-bond donors (Lipinski definition) is 1. The second kappa shape index (κ2) is 4.59. The molecule has 1 atom stereocenters. The molecule has 0 radical (unpaired) electrons. The van der Waals surface area contributed by atoms with Crippen LogP contribution in [0.2, 0.25) is 0 Å². The molecule has 0 aromatic heterocycles. The first-order valence-corrected chi connectivity index (χ1v) is 6.39. The van der Waals surface area contributed by atoms with E-state index in [1.807, 2.05) is 19.1 Å². The molecule has 1 aromatic carbocycles. The Hall–Kier alpha value is -1.58. The Kier molecular flexibility index (Phi) is 3.28. The molecule has 1 saturated carbocycles. The van der Waals surface area contributed by atoms with Crippen LogP contribution >= 0.6 is 0 Å². The lowest BCUT2D eigenvalue weighted by molar-refractivity contribution is -0.384. The number of hydrogen-bond acceptors (Lipinski definition) is 3. The molecule has 1 aromatic rings. The first kappa shape index (κ1) is 12.9. The molecular formula is C14H20N2O2. The van der Waals surface area contributed by atoms with Gasteiger partial charge in [-0.05, 0) is 43.2 Å². The van der Waals surface area contributed by atoms with Crippen LogP contribution in [0.3, 0.4) is 0 Å². The van der Waals surface area contributed by atoms with Crippen molar-refractivity contribution in [3.63, 3.8) is 0 Å². The smallest absolute Gasteiger partial charge is 0.292 e. The zero-order valence-corrected chi connectivity index (χ0v) is 11.2. The van der Waals surface area contributed by atoms with Gasteiger partial charge in [0.1, 0.15) is 5.69 Å². The van der Waals surface area contributed by atoms with Gasteiger partial charge < -0.3 is 5.32 Å². The highest BCUT2D eigenvalue weighted by Crippen LogP contribution is 2.39. The highest BCUT2D eigenvalue weighted by Gasteiger charge is 2.31. The fraction of sp³-hybridized carbons (Fsp3) is 0.571. The summed E-state index contributed by atoms with van der Waals surface area (Å²) in [6.07, 6.45) is 3.32. The second-order valence-corrected chi connectivity index (χ2v) is 6.03. The topological polar surface area (TPSA) is 55.2 Å². The van der Waals surface area contributed by atoms with Gasteiger partial charge in [0, 0.05) is 12.1 Å². The first-order chi connectivity index (χ1) is 8.37. The fourth-order valence-corrected chi connectivity index (χ4v) is 2.69. The normalized spacial score (nSPS) is 21.8. The lowest BCUT2D eigenvalue weighted by Crippen LogP contribution is -2.18. The summed E-state index contributed by atoms with van der Waals surface area (Å²) in [6.45, 7) is 6.37. The van der Waals surface area contributed by atoms with Crippen LogP contribution in [0, 0.1) is 22.5 Å². The number of nitrogens with one attached hydrogen (secondary N) is 1. The van der Waals surface area contributed by atoms with Crippen LogP contribution in [0.15, 0.2) is 18.2 Å². The van der Waals surface area contributed by atoms with Crippen molar-refractivity contribution in [3.8, 4) is 0 Å². The summed E-state index contributed by atoms with van der Waals surface area (Å²) in [5.41, 5.74) is 2.09. The molecule has 0 heterocycles. The Morgan fingerprint density at radius 1 is 1.44 bits per heavy atom. The molecule has 0 amide bonds. The Bertz CT molecular complexity index is 469. The van der Waals surface area contributed by atoms with Crippen molar-refractivity contribution in [3.05, 3.63) is 33.9 Å². The summed E-state index contributed by atoms with van der Waals surface area (Å²) in [6, 6.07) is 5.71. The number of anilines is 1. The van der Waals surface area contributed by atoms with Gasteiger partial charge in [-0.3, -0.25) is 10.1 Å². The van der Waals surface area contributed by atoms with E-state index in [1.54, 1.807) is 6.07 Å². The van der Waals surface area contributed by atoms with Crippen molar-refractivity contribution < 1.29 is 4.92 Å². The summed E-state index contributed by atoms with van der Waals surface area (Å²) in [5.74, 6) is 0. The van der Waals surface area contributed by atoms with Crippen molar-refractivity contribution in [2.75, 3.05) is 5.32 Å². The average molecular weight is 248 g/mol. The van der Waals surface area contributed by atoms with Gasteiger partial charge in [0.25, 0.3) is 5.69 Å². The molecule has 2 rings (SSSR count). The van der Waals surface area contributed by atoms with Crippen LogP contribution in [-0.2, 0) is 0 Å². The van der Waals surface area contributed by atoms with Crippen LogP contribution in [-0.4, -0.2) is 11.0 Å². The fourth-order valence-electron chi connectivity index (χ4n) is 2.69. The van der Waals surface area contributed by atoms with Gasteiger partial charge in [0.2, 0.25) is 0 Å². The number of aryl methyl sites for hydroxylation is 1. The monoisotopic (exact) mass is 248 g/mol. The highest BCUT2D eigenvalue weighted by atomic mass is 16.6. The zero-order valence-electron chi connectivity index (χ0n) is 11.2. The van der Waals surface area contributed by atoms with E-state index in [4.69, 9.17) is 0 Å². The van der Waals surface area contributed by atoms with Crippen LogP contribution in [0.5, 0.6) is 0 Å². The SMILES string of the molecule is Cc1ccc(NC2CCC(C)(C)C2)c([N+](=O)[O-])c1. The third-order valence-corrected chi connectivity index (χ3v) is 3.68. The minimum atomic E-state index is -0.310. The molecule has 1 N–H and O–H groups in total. The van der Waals surface area contributed by atoms with E-state index in [1.165, 1.54) is 6.42 Å². The Morgan fingerprint density at radius 2 is 2.17 bits per heavy atom. The third-order valence-electron chi connectivity index (χ3n) is 3.68. The third kappa shape index (κ3) is 2.81. The van der Waals surface area contributed by atoms with Crippen LogP contribution in [0.1, 0.15) is 38.7 Å². The molecule has 4 heteroatoms. The van der Waals surface area contributed by atoms with E-state index < -0.39 is 0 Å². The molecule has 0 aliphatic heterocycles. The van der Waals surface area contributed by atoms with E-state index in [0.29, 0.717) is 17.1 Å². The summed E-state index contributed by atoms with van der Waals surface area (Å²) in [5, 5.41) is 14.4. The van der Waals surface area contributed by atoms with Gasteiger partial charge in [-0.25, -0.2) is 0 Å². The van der Waals surface area contributed by atoms with Crippen molar-refractivity contribution in [1.82, 2.24) is 0 Å². The molecule has 1 fully saturated rings. The molecule has 0 saturated heterocycles. The average Bonchev–Trinajstić information content (AvgIpc) is 2.60. The van der Waals surface area contributed by atoms with E-state index in [0.717, 1.165) is 18.4 Å². The maximum atomic E-state index is 11.0. The van der Waals surface area contributed by atoms with E-state index >= 15 is 0 Å². The van der Waals surface area contributed by atoms with Gasteiger partial charge >= 0.3 is 0 Å². The summed E-state index contributed by atoms with van der Waals surface area (Å²) in [4.78, 5) is 10.7. The molecule has 4 nitrogen and oxygen atoms in total. The molecule has 1 unspecified atom stereocenters. The molecule has 98 valence electrons. The maximum Gasteiger partial charge on any atom is 0.292 e. The Morgan fingerprint density at radius 3 is 2.72 bits per heavy atom. The van der Waals surface area contributed by atoms with Crippen molar-refractivity contribution in [2.24, 2.45) is 5.41 Å². The number of benzene rings is 1. The van der Waals surface area contributed by atoms with Gasteiger partial charge in [-0.2, -0.15) is 0 Å². The van der Waals surface area contributed by atoms with Crippen LogP contribution in [0.4, 0.5) is 11.4 Å². The number of rotatable bonds is 3. The summed E-state index contributed by atoms with van der Waals surface area (Å²) < 4.78 is 0. The molecule has 1 aliphatic rings.